The third kappa shape index (κ3) is 4.82. The summed E-state index contributed by atoms with van der Waals surface area (Å²) in [7, 11) is 0. The molecule has 0 unspecified atom stereocenters. The summed E-state index contributed by atoms with van der Waals surface area (Å²) < 4.78 is 0. The Hall–Kier alpha value is -1.54. The molecule has 0 aromatic heterocycles. The Balaban J connectivity index is 4.37. The van der Waals surface area contributed by atoms with Gasteiger partial charge in [-0.25, -0.2) is 0 Å². The summed E-state index contributed by atoms with van der Waals surface area (Å²) in [5.74, 6) is -0.125. The van der Waals surface area contributed by atoms with E-state index in [1.807, 2.05) is 6.92 Å². The number of allylic oxidation sites excluding steroid dienone is 3. The highest BCUT2D eigenvalue weighted by Gasteiger charge is 2.04. The van der Waals surface area contributed by atoms with Crippen molar-refractivity contribution in [1.29, 1.82) is 0 Å². The third-order valence-electron chi connectivity index (χ3n) is 1.41. The van der Waals surface area contributed by atoms with Gasteiger partial charge in [-0.05, 0) is 18.4 Å². The van der Waals surface area contributed by atoms with Gasteiger partial charge in [-0.3, -0.25) is 4.79 Å². The summed E-state index contributed by atoms with van der Waals surface area (Å²) in [5, 5.41) is 3.32. The van der Waals surface area contributed by atoms with Crippen LogP contribution in [-0.4, -0.2) is 5.78 Å². The quantitative estimate of drug-likeness (QED) is 0.203. The molecule has 0 heterocycles. The van der Waals surface area contributed by atoms with Crippen LogP contribution in [0.2, 0.25) is 0 Å². The normalized spacial score (nSPS) is 10.4. The summed E-state index contributed by atoms with van der Waals surface area (Å²) >= 11 is 0. The minimum absolute atomic E-state index is 0.125. The molecule has 0 atom stereocenters. The molecule has 0 aliphatic carbocycles. The van der Waals surface area contributed by atoms with Crippen LogP contribution in [0.3, 0.4) is 0 Å². The van der Waals surface area contributed by atoms with Crippen molar-refractivity contribution >= 4 is 5.78 Å². The van der Waals surface area contributed by atoms with E-state index in [0.717, 1.165) is 0 Å². The lowest BCUT2D eigenvalue weighted by Gasteiger charge is -1.96. The molecule has 0 aromatic carbocycles. The van der Waals surface area contributed by atoms with Crippen LogP contribution < -0.4 is 0 Å². The zero-order valence-corrected chi connectivity index (χ0v) is 7.73. The van der Waals surface area contributed by atoms with Gasteiger partial charge in [0.1, 0.15) is 0 Å². The number of carbonyl (C=O) groups is 1. The minimum Gasteiger partial charge on any atom is -0.294 e. The van der Waals surface area contributed by atoms with Crippen molar-refractivity contribution in [3.8, 4) is 0 Å². The Morgan fingerprint density at radius 2 is 2.38 bits per heavy atom. The average Bonchev–Trinajstić information content (AvgIpc) is 2.14. The largest absolute Gasteiger partial charge is 0.294 e. The number of rotatable bonds is 6. The smallest absolute Gasteiger partial charge is 0.165 e. The summed E-state index contributed by atoms with van der Waals surface area (Å²) in [6.07, 6.45) is 4.95. The highest BCUT2D eigenvalue weighted by molar-refractivity contribution is 5.94. The molecule has 0 aliphatic rings. The van der Waals surface area contributed by atoms with Gasteiger partial charge in [0.15, 0.2) is 5.78 Å². The topological polar surface area (TPSA) is 65.8 Å². The Bertz CT molecular complexity index is 262. The van der Waals surface area contributed by atoms with Gasteiger partial charge in [0, 0.05) is 11.3 Å². The van der Waals surface area contributed by atoms with E-state index < -0.39 is 0 Å². The maximum atomic E-state index is 11.3. The van der Waals surface area contributed by atoms with E-state index in [4.69, 9.17) is 5.53 Å². The van der Waals surface area contributed by atoms with E-state index in [2.05, 4.69) is 16.6 Å². The van der Waals surface area contributed by atoms with Crippen molar-refractivity contribution in [2.75, 3.05) is 0 Å². The Morgan fingerprint density at radius 3 is 2.85 bits per heavy atom. The lowest BCUT2D eigenvalue weighted by Crippen LogP contribution is -1.98. The molecule has 0 radical (unpaired) electrons. The average molecular weight is 179 g/mol. The molecule has 0 amide bonds. The predicted molar refractivity (Wildman–Crippen MR) is 52.0 cm³/mol. The standard InChI is InChI=1S/C9H13N3O/c1-3-5-7-9(13)8(6-4-2)11-12-10/h3,6H,1,4-5,7H2,2H3/b8-6-. The molecule has 0 aliphatic heterocycles. The van der Waals surface area contributed by atoms with Crippen LogP contribution in [0.25, 0.3) is 10.4 Å². The maximum absolute atomic E-state index is 11.3. The third-order valence-corrected chi connectivity index (χ3v) is 1.41. The number of nitrogens with zero attached hydrogens (tertiary/aromatic N) is 3. The lowest BCUT2D eigenvalue weighted by molar-refractivity contribution is -0.115. The second-order valence-electron chi connectivity index (χ2n) is 2.44. The highest BCUT2D eigenvalue weighted by atomic mass is 16.1. The molecule has 0 N–H and O–H groups in total. The molecule has 70 valence electrons. The number of carbonyl (C=O) groups excluding carboxylic acids is 1. The summed E-state index contributed by atoms with van der Waals surface area (Å²) in [4.78, 5) is 13.9. The Labute approximate surface area is 77.6 Å². The van der Waals surface area contributed by atoms with E-state index in [9.17, 15) is 4.79 Å². The Kier molecular flexibility index (Phi) is 6.28. The van der Waals surface area contributed by atoms with Crippen molar-refractivity contribution in [2.45, 2.75) is 26.2 Å². The van der Waals surface area contributed by atoms with Crippen LogP contribution in [0.1, 0.15) is 26.2 Å². The Morgan fingerprint density at radius 1 is 1.69 bits per heavy atom. The molecule has 4 nitrogen and oxygen atoms in total. The fourth-order valence-electron chi connectivity index (χ4n) is 0.813. The van der Waals surface area contributed by atoms with Gasteiger partial charge in [0.2, 0.25) is 0 Å². The molecule has 0 spiro atoms. The van der Waals surface area contributed by atoms with E-state index >= 15 is 0 Å². The molecule has 0 aromatic rings. The van der Waals surface area contributed by atoms with Gasteiger partial charge in [0.25, 0.3) is 0 Å². The molecule has 4 heteroatoms. The predicted octanol–water partition coefficient (Wildman–Crippen LogP) is 3.13. The van der Waals surface area contributed by atoms with Crippen LogP contribution in [0.15, 0.2) is 29.5 Å². The van der Waals surface area contributed by atoms with E-state index in [-0.39, 0.29) is 11.5 Å². The van der Waals surface area contributed by atoms with E-state index in [1.165, 1.54) is 0 Å². The zero-order chi connectivity index (χ0) is 10.1. The zero-order valence-electron chi connectivity index (χ0n) is 7.73. The van der Waals surface area contributed by atoms with Crippen molar-refractivity contribution in [2.24, 2.45) is 5.11 Å². The van der Waals surface area contributed by atoms with Crippen LogP contribution >= 0.6 is 0 Å². The first-order chi connectivity index (χ1) is 6.26. The highest BCUT2D eigenvalue weighted by Crippen LogP contribution is 2.06. The first-order valence-corrected chi connectivity index (χ1v) is 4.15. The number of hydrogen-bond donors (Lipinski definition) is 0. The van der Waals surface area contributed by atoms with Gasteiger partial charge < -0.3 is 0 Å². The van der Waals surface area contributed by atoms with Gasteiger partial charge in [-0.15, -0.1) is 6.58 Å². The van der Waals surface area contributed by atoms with E-state index in [1.54, 1.807) is 12.2 Å². The van der Waals surface area contributed by atoms with Gasteiger partial charge in [0.05, 0.1) is 5.70 Å². The van der Waals surface area contributed by atoms with Crippen LogP contribution in [-0.2, 0) is 4.79 Å². The van der Waals surface area contributed by atoms with Crippen LogP contribution in [0.5, 0.6) is 0 Å². The van der Waals surface area contributed by atoms with Gasteiger partial charge in [-0.2, -0.15) is 0 Å². The van der Waals surface area contributed by atoms with Crippen molar-refractivity contribution in [3.05, 3.63) is 34.9 Å². The number of Topliss-reactive ketones (excluding diaryl/α,β-unsaturated/α-hetero) is 1. The number of hydrogen-bond acceptors (Lipinski definition) is 2. The monoisotopic (exact) mass is 179 g/mol. The first kappa shape index (κ1) is 11.5. The fraction of sp³-hybridized carbons (Fsp3) is 0.444. The number of azide groups is 1. The first-order valence-electron chi connectivity index (χ1n) is 4.15. The van der Waals surface area contributed by atoms with Crippen molar-refractivity contribution in [1.82, 2.24) is 0 Å². The van der Waals surface area contributed by atoms with E-state index in [0.29, 0.717) is 19.3 Å². The molecule has 0 saturated heterocycles. The maximum Gasteiger partial charge on any atom is 0.165 e. The lowest BCUT2D eigenvalue weighted by atomic mass is 10.1. The summed E-state index contributed by atoms with van der Waals surface area (Å²) in [6, 6.07) is 0. The van der Waals surface area contributed by atoms with Crippen LogP contribution in [0.4, 0.5) is 0 Å². The summed E-state index contributed by atoms with van der Waals surface area (Å²) in [5.41, 5.74) is 8.40. The second-order valence-corrected chi connectivity index (χ2v) is 2.44. The fourth-order valence-corrected chi connectivity index (χ4v) is 0.813. The molecule has 0 bridgehead atoms. The molecule has 0 saturated carbocycles. The molecule has 13 heavy (non-hydrogen) atoms. The van der Waals surface area contributed by atoms with Gasteiger partial charge >= 0.3 is 0 Å². The molecule has 0 rings (SSSR count). The van der Waals surface area contributed by atoms with Crippen molar-refractivity contribution < 1.29 is 4.79 Å². The minimum atomic E-state index is -0.125. The summed E-state index contributed by atoms with van der Waals surface area (Å²) in [6.45, 7) is 5.39. The number of ketones is 1. The van der Waals surface area contributed by atoms with Crippen molar-refractivity contribution in [3.63, 3.8) is 0 Å². The SMILES string of the molecule is C=CCCC(=O)/C(=C/CC)N=[N+]=[N-]. The molecular weight excluding hydrogens is 166 g/mol. The molecule has 0 fully saturated rings. The molecular formula is C9H13N3O. The van der Waals surface area contributed by atoms with Gasteiger partial charge in [-0.1, -0.05) is 24.2 Å². The second kappa shape index (κ2) is 7.13. The van der Waals surface area contributed by atoms with Crippen LogP contribution in [0, 0.1) is 0 Å².